The molecule has 0 aromatic heterocycles. The van der Waals surface area contributed by atoms with E-state index < -0.39 is 20.5 Å². The molecule has 0 fully saturated rings. The van der Waals surface area contributed by atoms with Gasteiger partial charge < -0.3 is 19.6 Å². The van der Waals surface area contributed by atoms with E-state index in [0.29, 0.717) is 19.3 Å². The number of hydrogen-bond acceptors (Lipinski definition) is 3. The molecule has 0 aliphatic rings. The van der Waals surface area contributed by atoms with Crippen molar-refractivity contribution in [1.29, 1.82) is 0 Å². The number of rotatable bonds is 6. The van der Waals surface area contributed by atoms with Crippen molar-refractivity contribution in [3.05, 3.63) is 0 Å². The van der Waals surface area contributed by atoms with E-state index in [1.807, 2.05) is 0 Å². The zero-order valence-electron chi connectivity index (χ0n) is 11.2. The predicted octanol–water partition coefficient (Wildman–Crippen LogP) is 2.23. The summed E-state index contributed by atoms with van der Waals surface area (Å²) in [7, 11) is -1.82. The highest BCUT2D eigenvalue weighted by atomic mass is 28.4. The second-order valence-corrected chi connectivity index (χ2v) is 10.4. The Balaban J connectivity index is 4.13. The molecule has 1 amide bonds. The van der Waals surface area contributed by atoms with Gasteiger partial charge in [0.25, 0.3) is 0 Å². The number of hydrogen-bond donors (Lipinski definition) is 2. The largest absolute Gasteiger partial charge is 0.465 e. The Bertz CT molecular complexity index is 273. The maximum Gasteiger partial charge on any atom is 0.405 e. The highest BCUT2D eigenvalue weighted by Gasteiger charge is 2.37. The highest BCUT2D eigenvalue weighted by Crippen LogP contribution is 2.36. The molecule has 0 saturated heterocycles. The van der Waals surface area contributed by atoms with Crippen LogP contribution in [-0.2, 0) is 9.22 Å². The maximum atomic E-state index is 10.6. The van der Waals surface area contributed by atoms with Crippen LogP contribution in [0.2, 0.25) is 18.1 Å². The van der Waals surface area contributed by atoms with Crippen molar-refractivity contribution in [3.8, 4) is 0 Å². The van der Waals surface area contributed by atoms with Gasteiger partial charge in [-0.05, 0) is 24.6 Å². The lowest BCUT2D eigenvalue weighted by Crippen LogP contribution is -2.42. The quantitative estimate of drug-likeness (QED) is 0.568. The standard InChI is InChI=1S/C11H23NO4Si/c1-11(2,3)17(4,5)16-7-6-9(8-13)12-10(14)15/h8-9,12H,6-7H2,1-5H3,(H,14,15). The minimum absolute atomic E-state index is 0.115. The first-order chi connectivity index (χ1) is 7.60. The Hall–Kier alpha value is -0.883. The summed E-state index contributed by atoms with van der Waals surface area (Å²) in [6, 6.07) is -0.683. The molecule has 0 rings (SSSR count). The molecule has 0 radical (unpaired) electrons. The van der Waals surface area contributed by atoms with Crippen LogP contribution in [0, 0.1) is 0 Å². The molecule has 100 valence electrons. The van der Waals surface area contributed by atoms with Crippen molar-refractivity contribution in [2.24, 2.45) is 0 Å². The van der Waals surface area contributed by atoms with Crippen LogP contribution in [0.5, 0.6) is 0 Å². The van der Waals surface area contributed by atoms with E-state index in [4.69, 9.17) is 9.53 Å². The van der Waals surface area contributed by atoms with Crippen molar-refractivity contribution >= 4 is 20.7 Å². The van der Waals surface area contributed by atoms with Gasteiger partial charge in [0.2, 0.25) is 0 Å². The third-order valence-electron chi connectivity index (χ3n) is 3.17. The molecule has 1 unspecified atom stereocenters. The van der Waals surface area contributed by atoms with Crippen LogP contribution in [0.25, 0.3) is 0 Å². The zero-order chi connectivity index (χ0) is 13.7. The predicted molar refractivity (Wildman–Crippen MR) is 68.8 cm³/mol. The zero-order valence-corrected chi connectivity index (χ0v) is 12.2. The minimum atomic E-state index is -1.82. The van der Waals surface area contributed by atoms with Crippen LogP contribution >= 0.6 is 0 Å². The van der Waals surface area contributed by atoms with Crippen molar-refractivity contribution in [1.82, 2.24) is 5.32 Å². The Morgan fingerprint density at radius 1 is 1.47 bits per heavy atom. The average molecular weight is 261 g/mol. The lowest BCUT2D eigenvalue weighted by Gasteiger charge is -2.36. The van der Waals surface area contributed by atoms with Crippen LogP contribution < -0.4 is 5.32 Å². The molecule has 0 saturated carbocycles. The first-order valence-electron chi connectivity index (χ1n) is 5.69. The van der Waals surface area contributed by atoms with Gasteiger partial charge in [-0.3, -0.25) is 0 Å². The number of carboxylic acid groups (broad SMARTS) is 1. The number of amides is 1. The van der Waals surface area contributed by atoms with Gasteiger partial charge in [-0.2, -0.15) is 0 Å². The van der Waals surface area contributed by atoms with E-state index in [2.05, 4.69) is 39.2 Å². The Labute approximate surface area is 104 Å². The molecule has 6 heteroatoms. The van der Waals surface area contributed by atoms with E-state index in [1.165, 1.54) is 0 Å². The Morgan fingerprint density at radius 3 is 2.35 bits per heavy atom. The van der Waals surface area contributed by atoms with Gasteiger partial charge in [-0.25, -0.2) is 4.79 Å². The van der Waals surface area contributed by atoms with Gasteiger partial charge in [-0.15, -0.1) is 0 Å². The molecule has 0 aliphatic heterocycles. The van der Waals surface area contributed by atoms with Crippen LogP contribution in [0.15, 0.2) is 0 Å². The maximum absolute atomic E-state index is 10.6. The summed E-state index contributed by atoms with van der Waals surface area (Å²) in [4.78, 5) is 21.0. The molecule has 0 aromatic carbocycles. The normalized spacial score (nSPS) is 14.2. The van der Waals surface area contributed by atoms with Crippen LogP contribution in [0.4, 0.5) is 4.79 Å². The summed E-state index contributed by atoms with van der Waals surface area (Å²) < 4.78 is 5.85. The molecule has 1 atom stereocenters. The first-order valence-corrected chi connectivity index (χ1v) is 8.59. The third kappa shape index (κ3) is 5.83. The van der Waals surface area contributed by atoms with Gasteiger partial charge in [0.15, 0.2) is 8.32 Å². The van der Waals surface area contributed by atoms with Crippen molar-refractivity contribution in [3.63, 3.8) is 0 Å². The molecule has 5 nitrogen and oxygen atoms in total. The van der Waals surface area contributed by atoms with Gasteiger partial charge in [-0.1, -0.05) is 20.8 Å². The Morgan fingerprint density at radius 2 is 2.00 bits per heavy atom. The summed E-state index contributed by atoms with van der Waals surface area (Å²) in [6.45, 7) is 11.0. The molecule has 0 bridgehead atoms. The molecule has 0 aromatic rings. The molecular weight excluding hydrogens is 238 g/mol. The lowest BCUT2D eigenvalue weighted by molar-refractivity contribution is -0.109. The van der Waals surface area contributed by atoms with Crippen molar-refractivity contribution < 1.29 is 19.1 Å². The number of aldehydes is 1. The van der Waals surface area contributed by atoms with E-state index in [9.17, 15) is 9.59 Å². The Kier molecular flexibility index (Phi) is 5.84. The highest BCUT2D eigenvalue weighted by molar-refractivity contribution is 6.74. The van der Waals surface area contributed by atoms with E-state index in [0.717, 1.165) is 0 Å². The molecule has 0 spiro atoms. The molecular formula is C11H23NO4Si. The van der Waals surface area contributed by atoms with Gasteiger partial charge in [0.1, 0.15) is 6.29 Å². The fourth-order valence-corrected chi connectivity index (χ4v) is 2.05. The summed E-state index contributed by atoms with van der Waals surface area (Å²) >= 11 is 0. The van der Waals surface area contributed by atoms with Crippen LogP contribution in [0.3, 0.4) is 0 Å². The molecule has 17 heavy (non-hydrogen) atoms. The first kappa shape index (κ1) is 16.1. The summed E-state index contributed by atoms with van der Waals surface area (Å²) in [5, 5.41) is 10.8. The van der Waals surface area contributed by atoms with Gasteiger partial charge in [0.05, 0.1) is 6.04 Å². The topological polar surface area (TPSA) is 75.6 Å². The lowest BCUT2D eigenvalue weighted by atomic mass is 10.2. The molecule has 2 N–H and O–H groups in total. The fraction of sp³-hybridized carbons (Fsp3) is 0.818. The second kappa shape index (κ2) is 6.16. The van der Waals surface area contributed by atoms with E-state index in [1.54, 1.807) is 0 Å². The summed E-state index contributed by atoms with van der Waals surface area (Å²) in [5.41, 5.74) is 0. The smallest absolute Gasteiger partial charge is 0.405 e. The SMILES string of the molecule is CC(C)(C)[Si](C)(C)OCCC(C=O)NC(=O)O. The second-order valence-electron chi connectivity index (χ2n) is 5.59. The van der Waals surface area contributed by atoms with Crippen LogP contribution in [0.1, 0.15) is 27.2 Å². The number of carbonyl (C=O) groups is 2. The summed E-state index contributed by atoms with van der Waals surface area (Å²) in [6.07, 6.45) is -0.208. The monoisotopic (exact) mass is 261 g/mol. The average Bonchev–Trinajstić information content (AvgIpc) is 2.13. The van der Waals surface area contributed by atoms with E-state index >= 15 is 0 Å². The van der Waals surface area contributed by atoms with Crippen molar-refractivity contribution in [2.75, 3.05) is 6.61 Å². The van der Waals surface area contributed by atoms with Gasteiger partial charge >= 0.3 is 6.09 Å². The third-order valence-corrected chi connectivity index (χ3v) is 7.71. The number of carbonyl (C=O) groups excluding carboxylic acids is 1. The van der Waals surface area contributed by atoms with Crippen molar-refractivity contribution in [2.45, 2.75) is 51.4 Å². The number of nitrogens with one attached hydrogen (secondary N) is 1. The molecule has 0 heterocycles. The summed E-state index contributed by atoms with van der Waals surface area (Å²) in [5.74, 6) is 0. The van der Waals surface area contributed by atoms with E-state index in [-0.39, 0.29) is 5.04 Å². The molecule has 0 aliphatic carbocycles. The fourth-order valence-electron chi connectivity index (χ4n) is 0.990. The van der Waals surface area contributed by atoms with Gasteiger partial charge in [0, 0.05) is 6.61 Å². The minimum Gasteiger partial charge on any atom is -0.465 e. The van der Waals surface area contributed by atoms with Crippen LogP contribution in [-0.4, -0.2) is 38.5 Å².